The fourth-order valence-electron chi connectivity index (χ4n) is 1.06. The Morgan fingerprint density at radius 1 is 1.47 bits per heavy atom. The zero-order valence-electron chi connectivity index (χ0n) is 7.80. The molecule has 78 valence electrons. The third kappa shape index (κ3) is 2.33. The number of benzene rings is 1. The van der Waals surface area contributed by atoms with Crippen molar-refractivity contribution in [3.05, 3.63) is 33.9 Å². The molecule has 0 amide bonds. The van der Waals surface area contributed by atoms with Crippen LogP contribution in [0.4, 0.5) is 5.69 Å². The molecule has 15 heavy (non-hydrogen) atoms. The van der Waals surface area contributed by atoms with Gasteiger partial charge < -0.3 is 0 Å². The molecule has 0 N–H and O–H groups in total. The molecule has 1 rings (SSSR count). The Morgan fingerprint density at radius 3 is 2.47 bits per heavy atom. The second-order valence-corrected chi connectivity index (χ2v) is 4.84. The van der Waals surface area contributed by atoms with Crippen LogP contribution in [-0.4, -0.2) is 19.6 Å². The van der Waals surface area contributed by atoms with E-state index in [2.05, 4.69) is 5.92 Å². The van der Waals surface area contributed by atoms with E-state index in [0.29, 0.717) is 0 Å². The van der Waals surface area contributed by atoms with Crippen molar-refractivity contribution in [3.8, 4) is 12.3 Å². The van der Waals surface area contributed by atoms with Gasteiger partial charge in [0.05, 0.1) is 4.92 Å². The maximum Gasteiger partial charge on any atom is 0.289 e. The van der Waals surface area contributed by atoms with Crippen LogP contribution in [0.25, 0.3) is 0 Å². The van der Waals surface area contributed by atoms with Crippen molar-refractivity contribution in [3.63, 3.8) is 0 Å². The number of rotatable bonds is 2. The van der Waals surface area contributed by atoms with Gasteiger partial charge in [-0.2, -0.15) is 0 Å². The lowest BCUT2D eigenvalue weighted by molar-refractivity contribution is -0.387. The number of nitrogens with zero attached hydrogens (tertiary/aromatic N) is 1. The van der Waals surface area contributed by atoms with E-state index in [1.807, 2.05) is 0 Å². The molecule has 0 aliphatic rings. The Morgan fingerprint density at radius 2 is 2.07 bits per heavy atom. The smallest absolute Gasteiger partial charge is 0.258 e. The summed E-state index contributed by atoms with van der Waals surface area (Å²) >= 11 is 0. The molecule has 5 nitrogen and oxygen atoms in total. The van der Waals surface area contributed by atoms with Gasteiger partial charge in [0.15, 0.2) is 9.84 Å². The highest BCUT2D eigenvalue weighted by Gasteiger charge is 2.21. The van der Waals surface area contributed by atoms with E-state index in [4.69, 9.17) is 6.42 Å². The normalized spacial score (nSPS) is 10.7. The Balaban J connectivity index is 3.57. The highest BCUT2D eigenvalue weighted by molar-refractivity contribution is 7.90. The molecule has 6 heteroatoms. The molecule has 1 aromatic rings. The third-order valence-corrected chi connectivity index (χ3v) is 2.87. The summed E-state index contributed by atoms with van der Waals surface area (Å²) in [7, 11) is -3.61. The van der Waals surface area contributed by atoms with Crippen LogP contribution in [0.3, 0.4) is 0 Å². The summed E-state index contributed by atoms with van der Waals surface area (Å²) in [5.41, 5.74) is -0.220. The van der Waals surface area contributed by atoms with E-state index in [-0.39, 0.29) is 10.5 Å². The van der Waals surface area contributed by atoms with Crippen LogP contribution >= 0.6 is 0 Å². The lowest BCUT2D eigenvalue weighted by Gasteiger charge is -2.00. The van der Waals surface area contributed by atoms with Gasteiger partial charge in [-0.1, -0.05) is 5.92 Å². The van der Waals surface area contributed by atoms with E-state index in [0.717, 1.165) is 18.4 Å². The zero-order valence-corrected chi connectivity index (χ0v) is 8.61. The summed E-state index contributed by atoms with van der Waals surface area (Å²) in [6, 6.07) is 3.56. The van der Waals surface area contributed by atoms with Crippen LogP contribution in [0.2, 0.25) is 0 Å². The topological polar surface area (TPSA) is 77.3 Å². The van der Waals surface area contributed by atoms with Gasteiger partial charge in [-0.05, 0) is 12.1 Å². The molecule has 0 saturated heterocycles. The number of hydrogen-bond acceptors (Lipinski definition) is 4. The molecule has 0 heterocycles. The molecule has 0 saturated carbocycles. The summed E-state index contributed by atoms with van der Waals surface area (Å²) in [6.45, 7) is 0. The number of terminal acetylenes is 1. The molecular formula is C9H7NO4S. The van der Waals surface area contributed by atoms with Gasteiger partial charge in [0.25, 0.3) is 5.69 Å². The minimum Gasteiger partial charge on any atom is -0.258 e. The predicted octanol–water partition coefficient (Wildman–Crippen LogP) is 0.980. The second-order valence-electron chi connectivity index (χ2n) is 2.86. The lowest BCUT2D eigenvalue weighted by atomic mass is 10.2. The fraction of sp³-hybridized carbons (Fsp3) is 0.111. The van der Waals surface area contributed by atoms with Crippen molar-refractivity contribution >= 4 is 15.5 Å². The molecule has 0 aliphatic carbocycles. The average Bonchev–Trinajstić information content (AvgIpc) is 2.15. The summed E-state index contributed by atoms with van der Waals surface area (Å²) in [5.74, 6) is 2.20. The van der Waals surface area contributed by atoms with Gasteiger partial charge in [-0.15, -0.1) is 6.42 Å². The third-order valence-electron chi connectivity index (χ3n) is 1.72. The number of nitro groups is 1. The molecule has 1 aromatic carbocycles. The van der Waals surface area contributed by atoms with Gasteiger partial charge >= 0.3 is 0 Å². The molecule has 0 aliphatic heterocycles. The van der Waals surface area contributed by atoms with E-state index in [1.54, 1.807) is 0 Å². The van der Waals surface area contributed by atoms with E-state index in [1.165, 1.54) is 6.07 Å². The van der Waals surface area contributed by atoms with Gasteiger partial charge in [0.2, 0.25) is 0 Å². The van der Waals surface area contributed by atoms with Crippen LogP contribution in [0, 0.1) is 22.5 Å². The summed E-state index contributed by atoms with van der Waals surface area (Å²) in [4.78, 5) is 9.52. The van der Waals surface area contributed by atoms with Crippen LogP contribution in [0.15, 0.2) is 23.1 Å². The highest BCUT2D eigenvalue weighted by atomic mass is 32.2. The van der Waals surface area contributed by atoms with Gasteiger partial charge in [-0.25, -0.2) is 8.42 Å². The van der Waals surface area contributed by atoms with Crippen LogP contribution < -0.4 is 0 Å². The Hall–Kier alpha value is -1.87. The van der Waals surface area contributed by atoms with Gasteiger partial charge in [0.1, 0.15) is 4.90 Å². The summed E-state index contributed by atoms with van der Waals surface area (Å²) in [5, 5.41) is 10.6. The van der Waals surface area contributed by atoms with Crippen LogP contribution in [0.5, 0.6) is 0 Å². The van der Waals surface area contributed by atoms with E-state index >= 15 is 0 Å². The monoisotopic (exact) mass is 225 g/mol. The minimum absolute atomic E-state index is 0.272. The molecule has 0 radical (unpaired) electrons. The lowest BCUT2D eigenvalue weighted by Crippen LogP contribution is -2.02. The molecule has 0 unspecified atom stereocenters. The van der Waals surface area contributed by atoms with Crippen molar-refractivity contribution in [1.29, 1.82) is 0 Å². The van der Waals surface area contributed by atoms with Crippen molar-refractivity contribution in [2.45, 2.75) is 4.90 Å². The second kappa shape index (κ2) is 3.71. The number of sulfone groups is 1. The Bertz CT molecular complexity index is 554. The summed E-state index contributed by atoms with van der Waals surface area (Å²) in [6.07, 6.45) is 5.96. The SMILES string of the molecule is C#Cc1ccc(S(C)(=O)=O)c([N+](=O)[O-])c1. The molecule has 0 atom stereocenters. The molecule has 0 aromatic heterocycles. The average molecular weight is 225 g/mol. The first kappa shape index (κ1) is 11.2. The quantitative estimate of drug-likeness (QED) is 0.427. The predicted molar refractivity (Wildman–Crippen MR) is 54.1 cm³/mol. The molecular weight excluding hydrogens is 218 g/mol. The van der Waals surface area contributed by atoms with Crippen molar-refractivity contribution in [2.24, 2.45) is 0 Å². The largest absolute Gasteiger partial charge is 0.289 e. The van der Waals surface area contributed by atoms with Crippen molar-refractivity contribution in [2.75, 3.05) is 6.26 Å². The van der Waals surface area contributed by atoms with E-state index < -0.39 is 20.4 Å². The first-order valence-corrected chi connectivity index (χ1v) is 5.70. The summed E-state index contributed by atoms with van der Waals surface area (Å²) < 4.78 is 22.4. The van der Waals surface area contributed by atoms with Gasteiger partial charge in [-0.3, -0.25) is 10.1 Å². The Labute approximate surface area is 86.8 Å². The zero-order chi connectivity index (χ0) is 11.6. The van der Waals surface area contributed by atoms with Gasteiger partial charge in [0, 0.05) is 17.9 Å². The van der Waals surface area contributed by atoms with Crippen LogP contribution in [-0.2, 0) is 9.84 Å². The fourth-order valence-corrected chi connectivity index (χ4v) is 1.89. The highest BCUT2D eigenvalue weighted by Crippen LogP contribution is 2.24. The number of nitro benzene ring substituents is 1. The standard InChI is InChI=1S/C9H7NO4S/c1-3-7-4-5-9(15(2,13)14)8(6-7)10(11)12/h1,4-6H,2H3. The van der Waals surface area contributed by atoms with Crippen LogP contribution in [0.1, 0.15) is 5.56 Å². The molecule has 0 fully saturated rings. The maximum absolute atomic E-state index is 11.2. The van der Waals surface area contributed by atoms with E-state index in [9.17, 15) is 18.5 Å². The van der Waals surface area contributed by atoms with Crippen molar-refractivity contribution < 1.29 is 13.3 Å². The first-order chi connectivity index (χ1) is 6.86. The minimum atomic E-state index is -3.61. The number of hydrogen-bond donors (Lipinski definition) is 0. The maximum atomic E-state index is 11.2. The first-order valence-electron chi connectivity index (χ1n) is 3.81. The van der Waals surface area contributed by atoms with Crippen molar-refractivity contribution in [1.82, 2.24) is 0 Å². The molecule has 0 spiro atoms. The molecule has 0 bridgehead atoms. The Kier molecular flexibility index (Phi) is 2.77.